The van der Waals surface area contributed by atoms with E-state index in [1.165, 1.54) is 12.1 Å². The number of benzene rings is 2. The summed E-state index contributed by atoms with van der Waals surface area (Å²) in [6, 6.07) is 7.62. The van der Waals surface area contributed by atoms with Gasteiger partial charge in [0.05, 0.1) is 18.4 Å². The van der Waals surface area contributed by atoms with E-state index in [1.807, 2.05) is 32.6 Å². The summed E-state index contributed by atoms with van der Waals surface area (Å²) in [5, 5.41) is 2.92. The van der Waals surface area contributed by atoms with Gasteiger partial charge in [0.2, 0.25) is 11.9 Å². The van der Waals surface area contributed by atoms with E-state index in [9.17, 15) is 13.6 Å². The standard InChI is InChI=1S/C30H35F3N6O2/c1-17(2)39-16-30(3,4)41-27-23(32)11-20(12-25(27)39)26-24(33)14-35-29(37-26)36-21-6-5-19(22(31)13-21)15-38-9-7-18(8-10-38)28(34)40/h5-6,11-14,17-18H,7-10,15-16H2,1-4H3,(H2,34,40)(H,35,36,37). The average molecular weight is 569 g/mol. The van der Waals surface area contributed by atoms with Crippen molar-refractivity contribution in [1.29, 1.82) is 0 Å². The van der Waals surface area contributed by atoms with Gasteiger partial charge in [-0.15, -0.1) is 0 Å². The van der Waals surface area contributed by atoms with Gasteiger partial charge in [-0.25, -0.2) is 23.1 Å². The molecule has 1 aromatic heterocycles. The minimum absolute atomic E-state index is 0.0401. The van der Waals surface area contributed by atoms with Crippen LogP contribution < -0.4 is 20.7 Å². The fourth-order valence-corrected chi connectivity index (χ4v) is 5.42. The largest absolute Gasteiger partial charge is 0.481 e. The molecular formula is C30H35F3N6O2. The van der Waals surface area contributed by atoms with Gasteiger partial charge in [-0.3, -0.25) is 9.69 Å². The Balaban J connectivity index is 1.35. The van der Waals surface area contributed by atoms with Crippen LogP contribution in [-0.2, 0) is 11.3 Å². The van der Waals surface area contributed by atoms with E-state index < -0.39 is 23.1 Å². The second kappa shape index (κ2) is 11.2. The van der Waals surface area contributed by atoms with Crippen molar-refractivity contribution >= 4 is 23.2 Å². The molecule has 0 saturated carbocycles. The number of nitrogens with one attached hydrogen (secondary N) is 1. The molecule has 2 aliphatic rings. The van der Waals surface area contributed by atoms with Crippen molar-refractivity contribution in [3.63, 3.8) is 0 Å². The highest BCUT2D eigenvalue weighted by Gasteiger charge is 2.35. The first-order valence-electron chi connectivity index (χ1n) is 13.8. The van der Waals surface area contributed by atoms with E-state index in [2.05, 4.69) is 20.2 Å². The number of anilines is 3. The summed E-state index contributed by atoms with van der Waals surface area (Å²) in [5.41, 5.74) is 6.38. The first kappa shape index (κ1) is 28.7. The molecular weight excluding hydrogens is 533 g/mol. The molecule has 0 atom stereocenters. The lowest BCUT2D eigenvalue weighted by molar-refractivity contribution is -0.123. The molecule has 0 aliphatic carbocycles. The smallest absolute Gasteiger partial charge is 0.227 e. The Labute approximate surface area is 237 Å². The molecule has 1 saturated heterocycles. The fourth-order valence-electron chi connectivity index (χ4n) is 5.42. The maximum absolute atomic E-state index is 15.3. The van der Waals surface area contributed by atoms with Crippen molar-refractivity contribution < 1.29 is 22.7 Å². The van der Waals surface area contributed by atoms with Crippen LogP contribution in [0.25, 0.3) is 11.3 Å². The monoisotopic (exact) mass is 568 g/mol. The number of aromatic nitrogens is 2. The molecule has 41 heavy (non-hydrogen) atoms. The summed E-state index contributed by atoms with van der Waals surface area (Å²) in [4.78, 5) is 23.8. The Hall–Kier alpha value is -3.86. The average Bonchev–Trinajstić information content (AvgIpc) is 2.91. The third-order valence-corrected chi connectivity index (χ3v) is 7.60. The van der Waals surface area contributed by atoms with Crippen molar-refractivity contribution in [3.8, 4) is 17.0 Å². The van der Waals surface area contributed by atoms with Gasteiger partial charge in [0.1, 0.15) is 17.1 Å². The van der Waals surface area contributed by atoms with Crippen molar-refractivity contribution in [2.45, 2.75) is 58.7 Å². The molecule has 0 unspecified atom stereocenters. The number of hydrogen-bond donors (Lipinski definition) is 2. The second-order valence-corrected chi connectivity index (χ2v) is 11.7. The molecule has 218 valence electrons. The molecule has 8 nitrogen and oxygen atoms in total. The van der Waals surface area contributed by atoms with Crippen molar-refractivity contribution in [3.05, 3.63) is 59.5 Å². The van der Waals surface area contributed by atoms with Crippen molar-refractivity contribution in [1.82, 2.24) is 14.9 Å². The lowest BCUT2D eigenvalue weighted by atomic mass is 9.96. The summed E-state index contributed by atoms with van der Waals surface area (Å²) < 4.78 is 51.1. The lowest BCUT2D eigenvalue weighted by Crippen LogP contribution is -2.49. The number of primary amides is 1. The number of carbonyl (C=O) groups is 1. The predicted molar refractivity (Wildman–Crippen MR) is 151 cm³/mol. The zero-order chi connectivity index (χ0) is 29.5. The molecule has 3 N–H and O–H groups in total. The number of ether oxygens (including phenoxy) is 1. The number of amides is 1. The fraction of sp³-hybridized carbons (Fsp3) is 0.433. The summed E-state index contributed by atoms with van der Waals surface area (Å²) >= 11 is 0. The van der Waals surface area contributed by atoms with Crippen LogP contribution in [0.5, 0.6) is 5.75 Å². The molecule has 5 rings (SSSR count). The molecule has 0 spiro atoms. The lowest BCUT2D eigenvalue weighted by Gasteiger charge is -2.43. The van der Waals surface area contributed by atoms with Crippen LogP contribution in [0.1, 0.15) is 46.1 Å². The van der Waals surface area contributed by atoms with E-state index in [1.54, 1.807) is 18.2 Å². The van der Waals surface area contributed by atoms with E-state index in [4.69, 9.17) is 10.5 Å². The molecule has 2 aromatic carbocycles. The summed E-state index contributed by atoms with van der Waals surface area (Å²) in [7, 11) is 0. The SMILES string of the molecule is CC(C)N1CC(C)(C)Oc2c(F)cc(-c3nc(Nc4ccc(CN5CCC(C(N)=O)CC5)c(F)c4)ncc3F)cc21. The summed E-state index contributed by atoms with van der Waals surface area (Å²) in [6.45, 7) is 10.1. The van der Waals surface area contributed by atoms with E-state index in [-0.39, 0.29) is 40.8 Å². The number of nitrogens with two attached hydrogens (primary N) is 1. The maximum Gasteiger partial charge on any atom is 0.227 e. The number of nitrogens with zero attached hydrogens (tertiary/aromatic N) is 4. The molecule has 1 amide bonds. The third-order valence-electron chi connectivity index (χ3n) is 7.60. The molecule has 2 aliphatic heterocycles. The molecule has 0 bridgehead atoms. The Morgan fingerprint density at radius 1 is 1.12 bits per heavy atom. The highest BCUT2D eigenvalue weighted by atomic mass is 19.1. The number of fused-ring (bicyclic) bond motifs is 1. The van der Waals surface area contributed by atoms with E-state index in [0.717, 1.165) is 6.20 Å². The highest BCUT2D eigenvalue weighted by molar-refractivity contribution is 5.76. The van der Waals surface area contributed by atoms with Gasteiger partial charge >= 0.3 is 0 Å². The number of rotatable bonds is 7. The number of piperidine rings is 1. The predicted octanol–water partition coefficient (Wildman–Crippen LogP) is 5.39. The van der Waals surface area contributed by atoms with Gasteiger partial charge in [0, 0.05) is 35.3 Å². The van der Waals surface area contributed by atoms with Crippen LogP contribution in [0.4, 0.5) is 30.5 Å². The van der Waals surface area contributed by atoms with Crippen LogP contribution in [0.2, 0.25) is 0 Å². The quantitative estimate of drug-likeness (QED) is 0.395. The Morgan fingerprint density at radius 3 is 2.51 bits per heavy atom. The molecule has 3 heterocycles. The van der Waals surface area contributed by atoms with Crippen LogP contribution in [0.15, 0.2) is 36.5 Å². The van der Waals surface area contributed by atoms with Gasteiger partial charge in [0.25, 0.3) is 0 Å². The summed E-state index contributed by atoms with van der Waals surface area (Å²) in [6.07, 6.45) is 2.33. The van der Waals surface area contributed by atoms with Crippen LogP contribution >= 0.6 is 0 Å². The molecule has 0 radical (unpaired) electrons. The zero-order valence-electron chi connectivity index (χ0n) is 23.7. The number of halogens is 3. The van der Waals surface area contributed by atoms with Crippen LogP contribution in [0, 0.1) is 23.4 Å². The van der Waals surface area contributed by atoms with Gasteiger partial charge in [0.15, 0.2) is 17.4 Å². The topological polar surface area (TPSA) is 96.6 Å². The number of carbonyl (C=O) groups excluding carboxylic acids is 1. The van der Waals surface area contributed by atoms with Gasteiger partial charge < -0.3 is 20.7 Å². The molecule has 11 heteroatoms. The van der Waals surface area contributed by atoms with Gasteiger partial charge in [-0.1, -0.05) is 6.07 Å². The second-order valence-electron chi connectivity index (χ2n) is 11.7. The Morgan fingerprint density at radius 2 is 1.85 bits per heavy atom. The zero-order valence-corrected chi connectivity index (χ0v) is 23.7. The number of hydrogen-bond acceptors (Lipinski definition) is 7. The highest BCUT2D eigenvalue weighted by Crippen LogP contribution is 2.43. The van der Waals surface area contributed by atoms with Crippen LogP contribution in [-0.4, -0.2) is 52.1 Å². The minimum Gasteiger partial charge on any atom is -0.481 e. The summed E-state index contributed by atoms with van der Waals surface area (Å²) in [5.74, 6) is -1.99. The van der Waals surface area contributed by atoms with Gasteiger partial charge in [-0.2, -0.15) is 0 Å². The Kier molecular flexibility index (Phi) is 7.83. The van der Waals surface area contributed by atoms with Crippen LogP contribution in [0.3, 0.4) is 0 Å². The first-order chi connectivity index (χ1) is 19.4. The Bertz CT molecular complexity index is 1460. The minimum atomic E-state index is -0.718. The maximum atomic E-state index is 15.3. The normalized spacial score (nSPS) is 17.3. The van der Waals surface area contributed by atoms with Gasteiger partial charge in [-0.05, 0) is 77.9 Å². The third kappa shape index (κ3) is 6.24. The van der Waals surface area contributed by atoms with Crippen molar-refractivity contribution in [2.75, 3.05) is 29.9 Å². The molecule has 1 fully saturated rings. The molecule has 3 aromatic rings. The first-order valence-corrected chi connectivity index (χ1v) is 13.8. The number of likely N-dealkylation sites (tertiary alicyclic amines) is 1. The van der Waals surface area contributed by atoms with E-state index >= 15 is 4.39 Å². The van der Waals surface area contributed by atoms with E-state index in [0.29, 0.717) is 56.0 Å². The van der Waals surface area contributed by atoms with Crippen molar-refractivity contribution in [2.24, 2.45) is 11.7 Å².